The van der Waals surface area contributed by atoms with Gasteiger partial charge in [-0.05, 0) is 62.9 Å². The van der Waals surface area contributed by atoms with Crippen LogP contribution in [-0.4, -0.2) is 17.5 Å². The Morgan fingerprint density at radius 3 is 2.12 bits per heavy atom. The van der Waals surface area contributed by atoms with Gasteiger partial charge in [0.05, 0.1) is 0 Å². The van der Waals surface area contributed by atoms with E-state index in [4.69, 9.17) is 4.98 Å². The molecule has 1 aliphatic rings. The molecule has 26 heavy (non-hydrogen) atoms. The largest absolute Gasteiger partial charge is 0.358 e. The summed E-state index contributed by atoms with van der Waals surface area (Å²) in [6.07, 6.45) is 11.4. The fourth-order valence-corrected chi connectivity index (χ4v) is 12.9. The molecule has 0 bridgehead atoms. The molecule has 2 heterocycles. The first-order chi connectivity index (χ1) is 12.3. The first-order valence-electron chi connectivity index (χ1n) is 10.5. The lowest BCUT2D eigenvalue weighted by Crippen LogP contribution is -2.51. The van der Waals surface area contributed by atoms with Gasteiger partial charge >= 0.3 is 0 Å². The van der Waals surface area contributed by atoms with Crippen LogP contribution in [0.4, 0.5) is 0 Å². The Kier molecular flexibility index (Phi) is 6.03. The molecule has 2 aromatic heterocycles. The number of pyridine rings is 1. The summed E-state index contributed by atoms with van der Waals surface area (Å²) in [6.45, 7) is 14.6. The molecule has 2 nitrogen and oxygen atoms in total. The summed E-state index contributed by atoms with van der Waals surface area (Å²) in [7, 11) is -1.79. The highest BCUT2D eigenvalue weighted by Gasteiger charge is 2.46. The van der Waals surface area contributed by atoms with E-state index in [0.717, 1.165) is 4.47 Å². The van der Waals surface area contributed by atoms with Crippen LogP contribution in [0.1, 0.15) is 85.1 Å². The van der Waals surface area contributed by atoms with Gasteiger partial charge in [0.1, 0.15) is 5.65 Å². The Morgan fingerprint density at radius 1 is 1.00 bits per heavy atom. The minimum absolute atomic E-state index is 0.683. The molecule has 4 heteroatoms. The van der Waals surface area contributed by atoms with Gasteiger partial charge in [-0.1, -0.05) is 60.8 Å². The third-order valence-corrected chi connectivity index (χ3v) is 14.0. The summed E-state index contributed by atoms with van der Waals surface area (Å²) >= 11 is 3.68. The first-order valence-corrected chi connectivity index (χ1v) is 13.4. The van der Waals surface area contributed by atoms with Gasteiger partial charge in [-0.15, -0.1) is 0 Å². The Labute approximate surface area is 169 Å². The van der Waals surface area contributed by atoms with E-state index in [2.05, 4.69) is 74.0 Å². The van der Waals surface area contributed by atoms with Crippen molar-refractivity contribution in [2.24, 2.45) is 0 Å². The van der Waals surface area contributed by atoms with Gasteiger partial charge in [-0.2, -0.15) is 0 Å². The molecular weight excluding hydrogens is 400 g/mol. The number of rotatable bonds is 5. The Bertz CT molecular complexity index is 735. The number of aromatic nitrogens is 2. The van der Waals surface area contributed by atoms with Gasteiger partial charge in [-0.25, -0.2) is 4.98 Å². The number of halogens is 1. The number of hydrogen-bond acceptors (Lipinski definition) is 1. The minimum atomic E-state index is -1.79. The molecule has 3 rings (SSSR count). The van der Waals surface area contributed by atoms with Crippen LogP contribution in [0.25, 0.3) is 11.0 Å². The standard InChI is InChI=1S/C22H35BrN2Si/c1-15(2)26(16(3)4,17(5)6)25-14-21(18-10-8-7-9-11-18)20-12-19(23)13-24-22(20)25/h12-18H,7-11H2,1-6H3. The van der Waals surface area contributed by atoms with Gasteiger partial charge in [0.25, 0.3) is 0 Å². The molecule has 0 aliphatic heterocycles. The summed E-state index contributed by atoms with van der Waals surface area (Å²) in [4.78, 5) is 4.96. The maximum atomic E-state index is 4.96. The highest BCUT2D eigenvalue weighted by atomic mass is 79.9. The summed E-state index contributed by atoms with van der Waals surface area (Å²) < 4.78 is 3.81. The predicted molar refractivity (Wildman–Crippen MR) is 120 cm³/mol. The highest BCUT2D eigenvalue weighted by Crippen LogP contribution is 2.46. The van der Waals surface area contributed by atoms with Crippen LogP contribution in [0.3, 0.4) is 0 Å². The van der Waals surface area contributed by atoms with Crippen molar-refractivity contribution in [2.45, 2.75) is 96.2 Å². The summed E-state index contributed by atoms with van der Waals surface area (Å²) in [5.74, 6) is 0.710. The second kappa shape index (κ2) is 7.79. The van der Waals surface area contributed by atoms with Crippen LogP contribution in [-0.2, 0) is 0 Å². The topological polar surface area (TPSA) is 17.8 Å². The van der Waals surface area contributed by atoms with E-state index in [9.17, 15) is 0 Å². The smallest absolute Gasteiger partial charge is 0.171 e. The summed E-state index contributed by atoms with van der Waals surface area (Å²) in [5.41, 5.74) is 4.84. The monoisotopic (exact) mass is 434 g/mol. The average Bonchev–Trinajstić information content (AvgIpc) is 2.94. The van der Waals surface area contributed by atoms with E-state index in [-0.39, 0.29) is 0 Å². The maximum Gasteiger partial charge on any atom is 0.171 e. The lowest BCUT2D eigenvalue weighted by atomic mass is 9.84. The van der Waals surface area contributed by atoms with E-state index in [1.807, 2.05) is 6.20 Å². The van der Waals surface area contributed by atoms with Crippen LogP contribution in [0.5, 0.6) is 0 Å². The Balaban J connectivity index is 2.28. The number of fused-ring (bicyclic) bond motifs is 1. The van der Waals surface area contributed by atoms with Crippen molar-refractivity contribution in [3.05, 3.63) is 28.5 Å². The summed E-state index contributed by atoms with van der Waals surface area (Å²) in [5, 5.41) is 1.39. The van der Waals surface area contributed by atoms with Crippen molar-refractivity contribution < 1.29 is 0 Å². The molecule has 0 atom stereocenters. The molecule has 0 aromatic carbocycles. The number of hydrogen-bond donors (Lipinski definition) is 0. The zero-order valence-electron chi connectivity index (χ0n) is 17.3. The number of nitrogens with zero attached hydrogens (tertiary/aromatic N) is 2. The van der Waals surface area contributed by atoms with Crippen molar-refractivity contribution in [3.8, 4) is 0 Å². The van der Waals surface area contributed by atoms with Gasteiger partial charge in [0, 0.05) is 22.3 Å². The van der Waals surface area contributed by atoms with Crippen molar-refractivity contribution in [1.82, 2.24) is 9.22 Å². The van der Waals surface area contributed by atoms with Crippen molar-refractivity contribution in [1.29, 1.82) is 0 Å². The van der Waals surface area contributed by atoms with E-state index < -0.39 is 8.24 Å². The van der Waals surface area contributed by atoms with Crippen LogP contribution in [0.15, 0.2) is 22.9 Å². The van der Waals surface area contributed by atoms with E-state index in [1.165, 1.54) is 43.1 Å². The molecule has 0 unspecified atom stereocenters. The van der Waals surface area contributed by atoms with E-state index in [1.54, 1.807) is 5.56 Å². The molecule has 2 aromatic rings. The lowest BCUT2D eigenvalue weighted by molar-refractivity contribution is 0.445. The SMILES string of the molecule is CC(C)[Si](C(C)C)(C(C)C)n1cc(C2CCCCC2)c2cc(Br)cnc21. The van der Waals surface area contributed by atoms with Crippen LogP contribution < -0.4 is 0 Å². The van der Waals surface area contributed by atoms with Gasteiger partial charge in [0.2, 0.25) is 0 Å². The van der Waals surface area contributed by atoms with Crippen LogP contribution in [0, 0.1) is 0 Å². The molecule has 0 N–H and O–H groups in total. The fourth-order valence-electron chi connectivity index (χ4n) is 5.97. The lowest BCUT2D eigenvalue weighted by Gasteiger charge is -2.44. The molecule has 1 fully saturated rings. The molecule has 144 valence electrons. The molecule has 0 spiro atoms. The normalized spacial score (nSPS) is 17.2. The van der Waals surface area contributed by atoms with Gasteiger partial charge in [-0.3, -0.25) is 0 Å². The van der Waals surface area contributed by atoms with Crippen molar-refractivity contribution in [2.75, 3.05) is 0 Å². The predicted octanol–water partition coefficient (Wildman–Crippen LogP) is 7.87. The highest BCUT2D eigenvalue weighted by molar-refractivity contribution is 9.10. The van der Waals surface area contributed by atoms with Crippen molar-refractivity contribution in [3.63, 3.8) is 0 Å². The molecule has 0 amide bonds. The van der Waals surface area contributed by atoms with Gasteiger partial charge in [0.15, 0.2) is 8.24 Å². The molecule has 0 saturated heterocycles. The second-order valence-electron chi connectivity index (χ2n) is 9.17. The fraction of sp³-hybridized carbons (Fsp3) is 0.682. The first kappa shape index (κ1) is 20.1. The Morgan fingerprint density at radius 2 is 1.58 bits per heavy atom. The third kappa shape index (κ3) is 3.21. The molecule has 1 saturated carbocycles. The van der Waals surface area contributed by atoms with Gasteiger partial charge < -0.3 is 4.23 Å². The Hall–Kier alpha value is -0.613. The minimum Gasteiger partial charge on any atom is -0.358 e. The van der Waals surface area contributed by atoms with Crippen LogP contribution in [0.2, 0.25) is 16.6 Å². The molecule has 0 radical (unpaired) electrons. The van der Waals surface area contributed by atoms with E-state index >= 15 is 0 Å². The molecule has 1 aliphatic carbocycles. The second-order valence-corrected chi connectivity index (χ2v) is 15.8. The quantitative estimate of drug-likeness (QED) is 0.437. The van der Waals surface area contributed by atoms with Crippen LogP contribution >= 0.6 is 15.9 Å². The maximum absolute atomic E-state index is 4.96. The average molecular weight is 436 g/mol. The summed E-state index contributed by atoms with van der Waals surface area (Å²) in [6, 6.07) is 2.32. The zero-order valence-corrected chi connectivity index (χ0v) is 19.9. The zero-order chi connectivity index (χ0) is 19.1. The molecular formula is C22H35BrN2Si. The third-order valence-electron chi connectivity index (χ3n) is 6.88. The van der Waals surface area contributed by atoms with E-state index in [0.29, 0.717) is 22.5 Å². The van der Waals surface area contributed by atoms with Crippen molar-refractivity contribution >= 4 is 35.2 Å².